The second-order valence-corrected chi connectivity index (χ2v) is 9.59. The van der Waals surface area contributed by atoms with Crippen LogP contribution in [-0.2, 0) is 5.60 Å². The highest BCUT2D eigenvalue weighted by Gasteiger charge is 2.34. The lowest BCUT2D eigenvalue weighted by Crippen LogP contribution is -2.52. The number of aromatic nitrogens is 1. The minimum Gasteiger partial charge on any atom is -0.384 e. The zero-order valence-corrected chi connectivity index (χ0v) is 19.8. The van der Waals surface area contributed by atoms with Gasteiger partial charge in [0.1, 0.15) is 5.60 Å². The first-order valence-corrected chi connectivity index (χ1v) is 11.5. The minimum atomic E-state index is -1.12. The molecule has 2 atom stereocenters. The van der Waals surface area contributed by atoms with Crippen LogP contribution in [0.1, 0.15) is 24.1 Å². The molecule has 4 rings (SSSR count). The number of aromatic amines is 1. The van der Waals surface area contributed by atoms with Crippen molar-refractivity contribution in [1.29, 1.82) is 0 Å². The van der Waals surface area contributed by atoms with E-state index in [0.717, 1.165) is 24.3 Å². The zero-order valence-electron chi connectivity index (χ0n) is 17.6. The molecule has 0 unspecified atom stereocenters. The first kappa shape index (κ1) is 23.1. The summed E-state index contributed by atoms with van der Waals surface area (Å²) in [5.41, 5.74) is 1.38. The second-order valence-electron chi connectivity index (χ2n) is 8.31. The molecule has 168 valence electrons. The molecule has 1 fully saturated rings. The van der Waals surface area contributed by atoms with Gasteiger partial charge in [-0.15, -0.1) is 0 Å². The Morgan fingerprint density at radius 2 is 1.75 bits per heavy atom. The first-order chi connectivity index (χ1) is 15.2. The third-order valence-electron chi connectivity index (χ3n) is 5.88. The van der Waals surface area contributed by atoms with Gasteiger partial charge in [0, 0.05) is 54.1 Å². The molecule has 0 aliphatic carbocycles. The molecule has 0 bridgehead atoms. The molecule has 2 N–H and O–H groups in total. The third kappa shape index (κ3) is 5.13. The van der Waals surface area contributed by atoms with Crippen molar-refractivity contribution in [2.24, 2.45) is 0 Å². The van der Waals surface area contributed by atoms with Crippen LogP contribution in [0.25, 0.3) is 0 Å². The van der Waals surface area contributed by atoms with Crippen molar-refractivity contribution in [2.45, 2.75) is 18.6 Å². The van der Waals surface area contributed by atoms with Crippen LogP contribution < -0.4 is 10.5 Å². The van der Waals surface area contributed by atoms with E-state index >= 15 is 0 Å². The highest BCUT2D eigenvalue weighted by molar-refractivity contribution is 6.36. The Morgan fingerprint density at radius 1 is 1.03 bits per heavy atom. The molecule has 3 aromatic rings. The first-order valence-electron chi connectivity index (χ1n) is 10.3. The van der Waals surface area contributed by atoms with E-state index < -0.39 is 5.60 Å². The third-order valence-corrected chi connectivity index (χ3v) is 6.67. The molecule has 32 heavy (non-hydrogen) atoms. The van der Waals surface area contributed by atoms with Crippen LogP contribution in [0.4, 0.5) is 5.69 Å². The number of halogens is 3. The van der Waals surface area contributed by atoms with Crippen molar-refractivity contribution in [3.63, 3.8) is 0 Å². The van der Waals surface area contributed by atoms with Gasteiger partial charge in [-0.2, -0.15) is 0 Å². The normalized spacial score (nSPS) is 19.0. The SMILES string of the molecule is C[C@@](O)(CN1CCN(c2ccc(Cl)cc2Cl)[C@H](c2ccc(Cl)cc2)C1)c1ccc(=O)[nH]c1. The van der Waals surface area contributed by atoms with Gasteiger partial charge >= 0.3 is 0 Å². The number of pyridine rings is 1. The number of nitrogens with one attached hydrogen (secondary N) is 1. The molecule has 2 heterocycles. The number of hydrogen-bond acceptors (Lipinski definition) is 4. The van der Waals surface area contributed by atoms with E-state index in [1.807, 2.05) is 36.4 Å². The average molecular weight is 493 g/mol. The Morgan fingerprint density at radius 3 is 2.41 bits per heavy atom. The molecule has 0 radical (unpaired) electrons. The summed E-state index contributed by atoms with van der Waals surface area (Å²) in [7, 11) is 0. The highest BCUT2D eigenvalue weighted by Crippen LogP contribution is 2.37. The summed E-state index contributed by atoms with van der Waals surface area (Å²) >= 11 is 18.8. The zero-order chi connectivity index (χ0) is 22.9. The summed E-state index contributed by atoms with van der Waals surface area (Å²) in [6.07, 6.45) is 1.57. The largest absolute Gasteiger partial charge is 0.384 e. The summed E-state index contributed by atoms with van der Waals surface area (Å²) < 4.78 is 0. The molecular formula is C24H24Cl3N3O2. The van der Waals surface area contributed by atoms with E-state index in [4.69, 9.17) is 34.8 Å². The molecule has 5 nitrogen and oxygen atoms in total. The molecule has 0 amide bonds. The van der Waals surface area contributed by atoms with Crippen LogP contribution in [-0.4, -0.2) is 41.2 Å². The quantitative estimate of drug-likeness (QED) is 0.520. The predicted molar refractivity (Wildman–Crippen MR) is 131 cm³/mol. The fourth-order valence-corrected chi connectivity index (χ4v) is 4.87. The number of piperazine rings is 1. The maximum atomic E-state index is 11.4. The van der Waals surface area contributed by atoms with Crippen molar-refractivity contribution in [3.8, 4) is 0 Å². The van der Waals surface area contributed by atoms with Crippen molar-refractivity contribution >= 4 is 40.5 Å². The molecule has 0 saturated carbocycles. The lowest BCUT2D eigenvalue weighted by atomic mass is 9.95. The molecule has 2 aromatic carbocycles. The maximum Gasteiger partial charge on any atom is 0.247 e. The lowest BCUT2D eigenvalue weighted by Gasteiger charge is -2.45. The Bertz CT molecular complexity index is 1130. The van der Waals surface area contributed by atoms with Crippen molar-refractivity contribution < 1.29 is 5.11 Å². The summed E-state index contributed by atoms with van der Waals surface area (Å²) in [5, 5.41) is 13.0. The second kappa shape index (κ2) is 9.46. The summed E-state index contributed by atoms with van der Waals surface area (Å²) in [4.78, 5) is 18.5. The minimum absolute atomic E-state index is 0.00562. The van der Waals surface area contributed by atoms with Crippen molar-refractivity contribution in [2.75, 3.05) is 31.1 Å². The van der Waals surface area contributed by atoms with Gasteiger partial charge in [-0.05, 0) is 48.9 Å². The van der Waals surface area contributed by atoms with Crippen molar-refractivity contribution in [3.05, 3.63) is 97.3 Å². The maximum absolute atomic E-state index is 11.4. The van der Waals surface area contributed by atoms with Gasteiger partial charge in [-0.3, -0.25) is 9.69 Å². The van der Waals surface area contributed by atoms with Gasteiger partial charge in [0.25, 0.3) is 0 Å². The van der Waals surface area contributed by atoms with E-state index in [0.29, 0.717) is 33.7 Å². The summed E-state index contributed by atoms with van der Waals surface area (Å²) in [6.45, 7) is 4.32. The summed E-state index contributed by atoms with van der Waals surface area (Å²) in [5.74, 6) is 0. The van der Waals surface area contributed by atoms with Crippen LogP contribution in [0.15, 0.2) is 65.6 Å². The number of anilines is 1. The summed E-state index contributed by atoms with van der Waals surface area (Å²) in [6, 6.07) is 16.5. The van der Waals surface area contributed by atoms with Crippen LogP contribution in [0.3, 0.4) is 0 Å². The molecule has 1 aliphatic heterocycles. The smallest absolute Gasteiger partial charge is 0.247 e. The number of aliphatic hydroxyl groups is 1. The number of hydrogen-bond donors (Lipinski definition) is 2. The molecule has 1 aromatic heterocycles. The average Bonchev–Trinajstić information content (AvgIpc) is 2.75. The van der Waals surface area contributed by atoms with Crippen molar-refractivity contribution in [1.82, 2.24) is 9.88 Å². The standard InChI is InChI=1S/C24H24Cl3N3O2/c1-24(32,17-4-9-23(31)28-13-17)15-29-10-11-30(21-8-7-19(26)12-20(21)27)22(14-29)16-2-5-18(25)6-3-16/h2-9,12-13,22,32H,10-11,14-15H2,1H3,(H,28,31)/t22-,24+/m0/s1. The van der Waals surface area contributed by atoms with Gasteiger partial charge in [0.05, 0.1) is 16.8 Å². The van der Waals surface area contributed by atoms with Gasteiger partial charge in [0.15, 0.2) is 0 Å². The molecule has 8 heteroatoms. The Labute approximate surface area is 202 Å². The molecular weight excluding hydrogens is 469 g/mol. The Kier molecular flexibility index (Phi) is 6.84. The Balaban J connectivity index is 1.61. The number of nitrogens with zero attached hydrogens (tertiary/aromatic N) is 2. The van der Waals surface area contributed by atoms with E-state index in [9.17, 15) is 9.90 Å². The van der Waals surface area contributed by atoms with E-state index in [2.05, 4.69) is 14.8 Å². The van der Waals surface area contributed by atoms with Crippen LogP contribution in [0.2, 0.25) is 15.1 Å². The topological polar surface area (TPSA) is 59.6 Å². The highest BCUT2D eigenvalue weighted by atomic mass is 35.5. The van der Waals surface area contributed by atoms with E-state index in [1.165, 1.54) is 6.07 Å². The lowest BCUT2D eigenvalue weighted by molar-refractivity contribution is 0.01000. The number of benzene rings is 2. The Hall–Kier alpha value is -2.02. The number of β-amino-alcohol motifs (C(OH)–C–C–N with tert-alkyl or cyclic N) is 1. The molecule has 0 spiro atoms. The predicted octanol–water partition coefficient (Wildman–Crippen LogP) is 5.11. The van der Waals surface area contributed by atoms with Gasteiger partial charge < -0.3 is 15.0 Å². The van der Waals surface area contributed by atoms with Crippen LogP contribution in [0.5, 0.6) is 0 Å². The van der Waals surface area contributed by atoms with Gasteiger partial charge in [-0.1, -0.05) is 46.9 Å². The van der Waals surface area contributed by atoms with Crippen LogP contribution >= 0.6 is 34.8 Å². The van der Waals surface area contributed by atoms with Gasteiger partial charge in [0.2, 0.25) is 5.56 Å². The monoisotopic (exact) mass is 491 g/mol. The fourth-order valence-electron chi connectivity index (χ4n) is 4.23. The van der Waals surface area contributed by atoms with E-state index in [-0.39, 0.29) is 11.6 Å². The fraction of sp³-hybridized carbons (Fsp3) is 0.292. The van der Waals surface area contributed by atoms with Crippen LogP contribution in [0, 0.1) is 0 Å². The number of rotatable bonds is 5. The number of H-pyrrole nitrogens is 1. The molecule has 1 aliphatic rings. The molecule has 1 saturated heterocycles. The van der Waals surface area contributed by atoms with E-state index in [1.54, 1.807) is 25.3 Å². The van der Waals surface area contributed by atoms with Gasteiger partial charge in [-0.25, -0.2) is 0 Å².